The van der Waals surface area contributed by atoms with Crippen LogP contribution in [0.15, 0.2) is 39.5 Å². The maximum atomic E-state index is 12.1. The number of nitrogens with one attached hydrogen (secondary N) is 1. The summed E-state index contributed by atoms with van der Waals surface area (Å²) < 4.78 is 13.5. The maximum absolute atomic E-state index is 12.1. The summed E-state index contributed by atoms with van der Waals surface area (Å²) in [7, 11) is 5.03. The Balaban J connectivity index is 1.74. The third-order valence-corrected chi connectivity index (χ3v) is 3.96. The van der Waals surface area contributed by atoms with E-state index in [4.69, 9.17) is 9.15 Å². The van der Waals surface area contributed by atoms with Crippen LogP contribution in [0, 0.1) is 0 Å². The molecule has 3 aromatic rings. The molecule has 0 spiro atoms. The summed E-state index contributed by atoms with van der Waals surface area (Å²) >= 11 is 0. The summed E-state index contributed by atoms with van der Waals surface area (Å²) in [6.45, 7) is 0.671. The highest BCUT2D eigenvalue weighted by molar-refractivity contribution is 5.91. The number of ether oxygens (including phenoxy) is 1. The van der Waals surface area contributed by atoms with Gasteiger partial charge in [0.1, 0.15) is 12.4 Å². The van der Waals surface area contributed by atoms with Crippen molar-refractivity contribution >= 4 is 16.9 Å². The van der Waals surface area contributed by atoms with Crippen LogP contribution in [0.2, 0.25) is 0 Å². The SMILES string of the molecule is COCc1ccc(C(=O)NCc2ccc3c(c2)n(C)c(=O)n3C)o1. The molecule has 0 unspecified atom stereocenters. The first-order chi connectivity index (χ1) is 11.5. The number of imidazole rings is 1. The molecule has 2 aromatic heterocycles. The van der Waals surface area contributed by atoms with Crippen molar-refractivity contribution in [1.29, 1.82) is 0 Å². The Hall–Kier alpha value is -2.80. The average Bonchev–Trinajstić information content (AvgIpc) is 3.13. The summed E-state index contributed by atoms with van der Waals surface area (Å²) in [6, 6.07) is 9.00. The predicted octanol–water partition coefficient (Wildman–Crippen LogP) is 1.55. The number of aromatic nitrogens is 2. The van der Waals surface area contributed by atoms with Gasteiger partial charge in [0.25, 0.3) is 5.91 Å². The van der Waals surface area contributed by atoms with E-state index in [0.29, 0.717) is 18.9 Å². The summed E-state index contributed by atoms with van der Waals surface area (Å²) in [5.41, 5.74) is 2.51. The van der Waals surface area contributed by atoms with Crippen LogP contribution >= 0.6 is 0 Å². The van der Waals surface area contributed by atoms with Crippen LogP contribution in [0.5, 0.6) is 0 Å². The molecule has 0 atom stereocenters. The lowest BCUT2D eigenvalue weighted by molar-refractivity contribution is 0.0914. The Morgan fingerprint density at radius 2 is 1.92 bits per heavy atom. The molecular weight excluding hydrogens is 310 g/mol. The van der Waals surface area contributed by atoms with Gasteiger partial charge in [0.05, 0.1) is 11.0 Å². The number of aryl methyl sites for hydroxylation is 2. The lowest BCUT2D eigenvalue weighted by atomic mass is 10.2. The van der Waals surface area contributed by atoms with Gasteiger partial charge in [0.2, 0.25) is 0 Å². The molecular formula is C17H19N3O4. The average molecular weight is 329 g/mol. The van der Waals surface area contributed by atoms with Gasteiger partial charge in [-0.15, -0.1) is 0 Å². The van der Waals surface area contributed by atoms with Gasteiger partial charge >= 0.3 is 5.69 Å². The van der Waals surface area contributed by atoms with Crippen LogP contribution in [-0.2, 0) is 32.0 Å². The highest BCUT2D eigenvalue weighted by atomic mass is 16.5. The largest absolute Gasteiger partial charge is 0.453 e. The van der Waals surface area contributed by atoms with Crippen molar-refractivity contribution in [1.82, 2.24) is 14.5 Å². The first-order valence-corrected chi connectivity index (χ1v) is 7.51. The molecule has 0 bridgehead atoms. The second kappa shape index (κ2) is 6.37. The predicted molar refractivity (Wildman–Crippen MR) is 88.8 cm³/mol. The molecule has 2 heterocycles. The van der Waals surface area contributed by atoms with Crippen molar-refractivity contribution in [2.45, 2.75) is 13.2 Å². The van der Waals surface area contributed by atoms with Crippen LogP contribution in [0.1, 0.15) is 21.9 Å². The highest BCUT2D eigenvalue weighted by Gasteiger charge is 2.12. The second-order valence-electron chi connectivity index (χ2n) is 5.61. The number of hydrogen-bond donors (Lipinski definition) is 1. The van der Waals surface area contributed by atoms with Crippen molar-refractivity contribution in [2.75, 3.05) is 7.11 Å². The number of benzene rings is 1. The van der Waals surface area contributed by atoms with E-state index >= 15 is 0 Å². The molecule has 0 aliphatic rings. The Morgan fingerprint density at radius 1 is 1.17 bits per heavy atom. The number of methoxy groups -OCH3 is 1. The normalized spacial score (nSPS) is 11.1. The fourth-order valence-electron chi connectivity index (χ4n) is 2.65. The number of nitrogens with zero attached hydrogens (tertiary/aromatic N) is 2. The molecule has 7 heteroatoms. The Kier molecular flexibility index (Phi) is 4.26. The molecule has 0 aliphatic carbocycles. The summed E-state index contributed by atoms with van der Waals surface area (Å²) in [5, 5.41) is 2.81. The molecule has 1 aromatic carbocycles. The monoisotopic (exact) mass is 329 g/mol. The first-order valence-electron chi connectivity index (χ1n) is 7.51. The molecule has 1 N–H and O–H groups in total. The van der Waals surface area contributed by atoms with Gasteiger partial charge in [-0.05, 0) is 29.8 Å². The number of carbonyl (C=O) groups is 1. The number of carbonyl (C=O) groups excluding carboxylic acids is 1. The Bertz CT molecular complexity index is 949. The van der Waals surface area contributed by atoms with E-state index in [-0.39, 0.29) is 17.4 Å². The Morgan fingerprint density at radius 3 is 2.67 bits per heavy atom. The third-order valence-electron chi connectivity index (χ3n) is 3.96. The lowest BCUT2D eigenvalue weighted by Crippen LogP contribution is -2.22. The smallest absolute Gasteiger partial charge is 0.328 e. The van der Waals surface area contributed by atoms with E-state index in [1.807, 2.05) is 18.2 Å². The van der Waals surface area contributed by atoms with Crippen molar-refractivity contribution in [3.63, 3.8) is 0 Å². The van der Waals surface area contributed by atoms with Gasteiger partial charge in [-0.25, -0.2) is 4.79 Å². The topological polar surface area (TPSA) is 78.4 Å². The van der Waals surface area contributed by atoms with Gasteiger partial charge < -0.3 is 14.5 Å². The maximum Gasteiger partial charge on any atom is 0.328 e. The lowest BCUT2D eigenvalue weighted by Gasteiger charge is -2.05. The number of furan rings is 1. The molecule has 0 radical (unpaired) electrons. The van der Waals surface area contributed by atoms with Crippen molar-refractivity contribution in [2.24, 2.45) is 14.1 Å². The molecule has 1 amide bonds. The van der Waals surface area contributed by atoms with Crippen molar-refractivity contribution < 1.29 is 13.9 Å². The Labute approximate surface area is 138 Å². The fourth-order valence-corrected chi connectivity index (χ4v) is 2.65. The van der Waals surface area contributed by atoms with Gasteiger partial charge in [-0.3, -0.25) is 13.9 Å². The van der Waals surface area contributed by atoms with Crippen LogP contribution in [0.4, 0.5) is 0 Å². The molecule has 0 saturated heterocycles. The molecule has 0 fully saturated rings. The van der Waals surface area contributed by atoms with Gasteiger partial charge in [0.15, 0.2) is 5.76 Å². The molecule has 126 valence electrons. The van der Waals surface area contributed by atoms with Crippen LogP contribution < -0.4 is 11.0 Å². The summed E-state index contributed by atoms with van der Waals surface area (Å²) in [4.78, 5) is 24.1. The quantitative estimate of drug-likeness (QED) is 0.770. The van der Waals surface area contributed by atoms with Crippen molar-refractivity contribution in [3.8, 4) is 0 Å². The van der Waals surface area contributed by atoms with Gasteiger partial charge in [-0.2, -0.15) is 0 Å². The van der Waals surface area contributed by atoms with E-state index in [0.717, 1.165) is 16.6 Å². The van der Waals surface area contributed by atoms with Crippen molar-refractivity contribution in [3.05, 3.63) is 57.9 Å². The van der Waals surface area contributed by atoms with Crippen LogP contribution in [-0.4, -0.2) is 22.2 Å². The molecule has 3 rings (SSSR count). The van der Waals surface area contributed by atoms with Gasteiger partial charge in [0, 0.05) is 27.7 Å². The number of hydrogen-bond acceptors (Lipinski definition) is 4. The first kappa shape index (κ1) is 16.1. The zero-order valence-electron chi connectivity index (χ0n) is 13.8. The minimum Gasteiger partial charge on any atom is -0.453 e. The van der Waals surface area contributed by atoms with E-state index in [1.54, 1.807) is 42.5 Å². The molecule has 0 saturated carbocycles. The molecule has 7 nitrogen and oxygen atoms in total. The summed E-state index contributed by atoms with van der Waals surface area (Å²) in [5.74, 6) is 0.554. The third kappa shape index (κ3) is 2.85. The van der Waals surface area contributed by atoms with E-state index in [2.05, 4.69) is 5.32 Å². The summed E-state index contributed by atoms with van der Waals surface area (Å²) in [6.07, 6.45) is 0. The number of amides is 1. The fraction of sp³-hybridized carbons (Fsp3) is 0.294. The van der Waals surface area contributed by atoms with Gasteiger partial charge in [-0.1, -0.05) is 6.07 Å². The minimum atomic E-state index is -0.292. The van der Waals surface area contributed by atoms with Crippen LogP contribution in [0.25, 0.3) is 11.0 Å². The number of fused-ring (bicyclic) bond motifs is 1. The zero-order chi connectivity index (χ0) is 17.3. The second-order valence-corrected chi connectivity index (χ2v) is 5.61. The molecule has 24 heavy (non-hydrogen) atoms. The van der Waals surface area contributed by atoms with E-state index < -0.39 is 0 Å². The minimum absolute atomic E-state index is 0.0764. The number of rotatable bonds is 5. The standard InChI is InChI=1S/C17H19N3O4/c1-19-13-6-4-11(8-14(13)20(2)17(19)22)9-18-16(21)15-7-5-12(24-15)10-23-3/h4-8H,9-10H2,1-3H3,(H,18,21). The highest BCUT2D eigenvalue weighted by Crippen LogP contribution is 2.14. The van der Waals surface area contributed by atoms with E-state index in [1.165, 1.54) is 0 Å². The van der Waals surface area contributed by atoms with E-state index in [9.17, 15) is 9.59 Å². The van der Waals surface area contributed by atoms with Crippen LogP contribution in [0.3, 0.4) is 0 Å². The zero-order valence-corrected chi connectivity index (χ0v) is 13.8. The molecule has 0 aliphatic heterocycles.